The van der Waals surface area contributed by atoms with Gasteiger partial charge in [0.05, 0.1) is 19.8 Å². The molecule has 0 radical (unpaired) electrons. The van der Waals surface area contributed by atoms with Crippen LogP contribution in [0, 0.1) is 0 Å². The second-order valence-electron chi connectivity index (χ2n) is 6.88. The number of guanidine groups is 1. The number of benzene rings is 2. The van der Waals surface area contributed by atoms with E-state index in [9.17, 15) is 0 Å². The van der Waals surface area contributed by atoms with Crippen LogP contribution in [0.25, 0.3) is 0 Å². The summed E-state index contributed by atoms with van der Waals surface area (Å²) in [7, 11) is 0. The van der Waals surface area contributed by atoms with Gasteiger partial charge in [0.2, 0.25) is 0 Å². The average Bonchev–Trinajstić information content (AvgIpc) is 2.72. The molecule has 7 heteroatoms. The summed E-state index contributed by atoms with van der Waals surface area (Å²) >= 11 is 5.95. The Kier molecular flexibility index (Phi) is 10.8. The maximum Gasteiger partial charge on any atom is 0.191 e. The van der Waals surface area contributed by atoms with E-state index in [0.717, 1.165) is 50.4 Å². The van der Waals surface area contributed by atoms with Gasteiger partial charge in [-0.05, 0) is 35.7 Å². The molecule has 2 N–H and O–H groups in total. The van der Waals surface area contributed by atoms with Crippen molar-refractivity contribution in [2.75, 3.05) is 32.8 Å². The largest absolute Gasteiger partial charge is 0.379 e. The van der Waals surface area contributed by atoms with Gasteiger partial charge >= 0.3 is 0 Å². The van der Waals surface area contributed by atoms with Gasteiger partial charge in [-0.2, -0.15) is 0 Å². The molecule has 0 spiro atoms. The van der Waals surface area contributed by atoms with Gasteiger partial charge in [0.15, 0.2) is 5.96 Å². The average molecular weight is 529 g/mol. The minimum atomic E-state index is 0. The predicted molar refractivity (Wildman–Crippen MR) is 131 cm³/mol. The number of ether oxygens (including phenoxy) is 1. The van der Waals surface area contributed by atoms with Gasteiger partial charge in [0, 0.05) is 37.7 Å². The van der Waals surface area contributed by atoms with E-state index in [1.165, 1.54) is 16.7 Å². The van der Waals surface area contributed by atoms with Crippen molar-refractivity contribution < 1.29 is 4.74 Å². The molecule has 2 aromatic rings. The van der Waals surface area contributed by atoms with E-state index in [1.807, 2.05) is 24.3 Å². The molecule has 0 amide bonds. The van der Waals surface area contributed by atoms with E-state index in [0.29, 0.717) is 13.1 Å². The smallest absolute Gasteiger partial charge is 0.191 e. The molecule has 0 aromatic heterocycles. The SMILES string of the molecule is CCNC(=NCc1cccc(CN2CCOCC2)c1)NCc1ccc(Cl)cc1.I. The monoisotopic (exact) mass is 528 g/mol. The predicted octanol–water partition coefficient (Wildman–Crippen LogP) is 4.05. The number of hydrogen-bond donors (Lipinski definition) is 2. The van der Waals surface area contributed by atoms with Gasteiger partial charge in [0.25, 0.3) is 0 Å². The third kappa shape index (κ3) is 8.50. The first-order valence-corrected chi connectivity index (χ1v) is 10.3. The van der Waals surface area contributed by atoms with E-state index in [2.05, 4.69) is 46.7 Å². The molecule has 5 nitrogen and oxygen atoms in total. The summed E-state index contributed by atoms with van der Waals surface area (Å²) in [5.41, 5.74) is 3.71. The van der Waals surface area contributed by atoms with Gasteiger partial charge in [0.1, 0.15) is 0 Å². The van der Waals surface area contributed by atoms with Crippen molar-refractivity contribution >= 4 is 41.5 Å². The molecule has 1 aliphatic rings. The molecule has 0 saturated carbocycles. The molecular formula is C22H30ClIN4O. The standard InChI is InChI=1S/C22H29ClN4O.HI/c1-2-24-22(25-15-18-6-8-21(23)9-7-18)26-16-19-4-3-5-20(14-19)17-27-10-12-28-13-11-27;/h3-9,14H,2,10-13,15-17H2,1H3,(H2,24,25,26);1H. The van der Waals surface area contributed by atoms with Crippen LogP contribution in [0.1, 0.15) is 23.6 Å². The van der Waals surface area contributed by atoms with Crippen molar-refractivity contribution in [2.45, 2.75) is 26.6 Å². The van der Waals surface area contributed by atoms with Gasteiger partial charge in [-0.3, -0.25) is 4.90 Å². The fourth-order valence-electron chi connectivity index (χ4n) is 3.14. The molecule has 1 saturated heterocycles. The molecular weight excluding hydrogens is 499 g/mol. The van der Waals surface area contributed by atoms with Gasteiger partial charge in [-0.1, -0.05) is 48.0 Å². The van der Waals surface area contributed by atoms with Crippen LogP contribution in [0.3, 0.4) is 0 Å². The van der Waals surface area contributed by atoms with E-state index < -0.39 is 0 Å². The number of hydrogen-bond acceptors (Lipinski definition) is 3. The molecule has 0 bridgehead atoms. The zero-order valence-corrected chi connectivity index (χ0v) is 20.0. The molecule has 0 atom stereocenters. The summed E-state index contributed by atoms with van der Waals surface area (Å²) in [6, 6.07) is 16.5. The molecule has 1 heterocycles. The van der Waals surface area contributed by atoms with E-state index in [4.69, 9.17) is 21.3 Å². The summed E-state index contributed by atoms with van der Waals surface area (Å²) in [5, 5.41) is 7.44. The van der Waals surface area contributed by atoms with E-state index >= 15 is 0 Å². The second kappa shape index (κ2) is 13.1. The minimum Gasteiger partial charge on any atom is -0.379 e. The highest BCUT2D eigenvalue weighted by Gasteiger charge is 2.10. The molecule has 2 aromatic carbocycles. The number of nitrogens with zero attached hydrogens (tertiary/aromatic N) is 2. The van der Waals surface area contributed by atoms with Crippen LogP contribution in [0.4, 0.5) is 0 Å². The first-order chi connectivity index (χ1) is 13.7. The Morgan fingerprint density at radius 1 is 1.03 bits per heavy atom. The lowest BCUT2D eigenvalue weighted by Crippen LogP contribution is -2.36. The third-order valence-corrected chi connectivity index (χ3v) is 4.89. The lowest BCUT2D eigenvalue weighted by Gasteiger charge is -2.26. The molecule has 29 heavy (non-hydrogen) atoms. The highest BCUT2D eigenvalue weighted by Crippen LogP contribution is 2.11. The highest BCUT2D eigenvalue weighted by molar-refractivity contribution is 14.0. The zero-order valence-electron chi connectivity index (χ0n) is 16.9. The van der Waals surface area contributed by atoms with Crippen LogP contribution in [-0.2, 0) is 24.4 Å². The van der Waals surface area contributed by atoms with Crippen molar-refractivity contribution in [1.82, 2.24) is 15.5 Å². The number of aliphatic imine (C=N–C) groups is 1. The van der Waals surface area contributed by atoms with Crippen LogP contribution < -0.4 is 10.6 Å². The summed E-state index contributed by atoms with van der Waals surface area (Å²) in [5.74, 6) is 0.816. The number of halogens is 2. The molecule has 1 fully saturated rings. The number of morpholine rings is 1. The Labute approximate surface area is 195 Å². The Morgan fingerprint density at radius 2 is 1.76 bits per heavy atom. The van der Waals surface area contributed by atoms with Crippen LogP contribution >= 0.6 is 35.6 Å². The Balaban J connectivity index is 0.00000300. The van der Waals surface area contributed by atoms with Crippen LogP contribution in [0.5, 0.6) is 0 Å². The first kappa shape index (κ1) is 23.9. The molecule has 0 unspecified atom stereocenters. The first-order valence-electron chi connectivity index (χ1n) is 9.87. The van der Waals surface area contributed by atoms with Crippen molar-refractivity contribution in [3.05, 3.63) is 70.2 Å². The molecule has 158 valence electrons. The number of rotatable bonds is 7. The quantitative estimate of drug-likeness (QED) is 0.324. The maximum absolute atomic E-state index is 5.95. The van der Waals surface area contributed by atoms with E-state index in [-0.39, 0.29) is 24.0 Å². The summed E-state index contributed by atoms with van der Waals surface area (Å²) in [6.07, 6.45) is 0. The summed E-state index contributed by atoms with van der Waals surface area (Å²) in [6.45, 7) is 8.88. The molecule has 3 rings (SSSR count). The van der Waals surface area contributed by atoms with E-state index in [1.54, 1.807) is 0 Å². The van der Waals surface area contributed by atoms with Crippen molar-refractivity contribution in [2.24, 2.45) is 4.99 Å². The lowest BCUT2D eigenvalue weighted by atomic mass is 10.1. The summed E-state index contributed by atoms with van der Waals surface area (Å²) in [4.78, 5) is 7.17. The fraction of sp³-hybridized carbons (Fsp3) is 0.409. The Hall–Kier alpha value is -1.35. The van der Waals surface area contributed by atoms with Gasteiger partial charge in [-0.15, -0.1) is 24.0 Å². The summed E-state index contributed by atoms with van der Waals surface area (Å²) < 4.78 is 5.43. The number of nitrogens with one attached hydrogen (secondary N) is 2. The van der Waals surface area contributed by atoms with Crippen molar-refractivity contribution in [3.63, 3.8) is 0 Å². The maximum atomic E-state index is 5.95. The van der Waals surface area contributed by atoms with Crippen molar-refractivity contribution in [1.29, 1.82) is 0 Å². The fourth-order valence-corrected chi connectivity index (χ4v) is 3.27. The normalized spacial score (nSPS) is 14.9. The van der Waals surface area contributed by atoms with Gasteiger partial charge in [-0.25, -0.2) is 4.99 Å². The van der Waals surface area contributed by atoms with Gasteiger partial charge < -0.3 is 15.4 Å². The zero-order chi connectivity index (χ0) is 19.6. The van der Waals surface area contributed by atoms with Crippen LogP contribution in [0.2, 0.25) is 5.02 Å². The minimum absolute atomic E-state index is 0. The topological polar surface area (TPSA) is 48.9 Å². The Morgan fingerprint density at radius 3 is 2.48 bits per heavy atom. The lowest BCUT2D eigenvalue weighted by molar-refractivity contribution is 0.0342. The third-order valence-electron chi connectivity index (χ3n) is 4.64. The highest BCUT2D eigenvalue weighted by atomic mass is 127. The molecule has 0 aliphatic carbocycles. The molecule has 1 aliphatic heterocycles. The van der Waals surface area contributed by atoms with Crippen LogP contribution in [-0.4, -0.2) is 43.7 Å². The Bertz CT molecular complexity index is 764. The second-order valence-corrected chi connectivity index (χ2v) is 7.32. The van der Waals surface area contributed by atoms with Crippen LogP contribution in [0.15, 0.2) is 53.5 Å². The van der Waals surface area contributed by atoms with Crippen molar-refractivity contribution in [3.8, 4) is 0 Å².